The van der Waals surface area contributed by atoms with Crippen molar-refractivity contribution >= 4 is 11.6 Å². The van der Waals surface area contributed by atoms with Gasteiger partial charge in [0.15, 0.2) is 0 Å². The highest BCUT2D eigenvalue weighted by Gasteiger charge is 2.24. The van der Waals surface area contributed by atoms with Crippen LogP contribution in [0.25, 0.3) is 11.3 Å². The minimum Gasteiger partial charge on any atom is -0.461 e. The molecule has 2 heterocycles. The number of furan rings is 1. The lowest BCUT2D eigenvalue weighted by Gasteiger charge is -2.34. The number of carbonyl (C=O) groups is 1. The molecule has 0 bridgehead atoms. The molecule has 0 saturated carbocycles. The number of hydrogen-bond donors (Lipinski definition) is 1. The molecule has 1 amide bonds. The number of rotatable bonds is 4. The van der Waals surface area contributed by atoms with E-state index in [1.165, 1.54) is 0 Å². The summed E-state index contributed by atoms with van der Waals surface area (Å²) >= 11 is 0. The fourth-order valence-electron chi connectivity index (χ4n) is 3.63. The van der Waals surface area contributed by atoms with Gasteiger partial charge in [0.2, 0.25) is 0 Å². The number of benzene rings is 2. The molecule has 4 heteroatoms. The van der Waals surface area contributed by atoms with E-state index >= 15 is 0 Å². The Morgan fingerprint density at radius 3 is 2.70 bits per heavy atom. The second kappa shape index (κ2) is 7.70. The van der Waals surface area contributed by atoms with Gasteiger partial charge in [0.25, 0.3) is 5.91 Å². The summed E-state index contributed by atoms with van der Waals surface area (Å²) in [6.45, 7) is 3.44. The number of likely N-dealkylation sites (tertiary alicyclic amines) is 1. The summed E-state index contributed by atoms with van der Waals surface area (Å²) in [6, 6.07) is 22.1. The number of carbonyl (C=O) groups excluding carboxylic acids is 1. The van der Waals surface area contributed by atoms with Crippen LogP contribution in [0.15, 0.2) is 71.1 Å². The highest BCUT2D eigenvalue weighted by atomic mass is 16.3. The molecule has 1 N–H and O–H groups in total. The number of para-hydroxylation sites is 1. The van der Waals surface area contributed by atoms with Crippen LogP contribution in [0.1, 0.15) is 29.0 Å². The molecule has 2 aromatic carbocycles. The molecule has 138 valence electrons. The lowest BCUT2D eigenvalue weighted by Crippen LogP contribution is -2.45. The second-order valence-corrected chi connectivity index (χ2v) is 7.09. The summed E-state index contributed by atoms with van der Waals surface area (Å²) in [5.74, 6) is 1.75. The Labute approximate surface area is 159 Å². The van der Waals surface area contributed by atoms with Crippen molar-refractivity contribution in [2.45, 2.75) is 25.8 Å². The van der Waals surface area contributed by atoms with Crippen molar-refractivity contribution in [2.24, 2.45) is 0 Å². The van der Waals surface area contributed by atoms with E-state index in [9.17, 15) is 4.79 Å². The van der Waals surface area contributed by atoms with Crippen molar-refractivity contribution in [2.75, 3.05) is 18.4 Å². The summed E-state index contributed by atoms with van der Waals surface area (Å²) in [6.07, 6.45) is 2.08. The zero-order valence-corrected chi connectivity index (χ0v) is 15.5. The monoisotopic (exact) mass is 360 g/mol. The maximum atomic E-state index is 13.1. The van der Waals surface area contributed by atoms with Gasteiger partial charge in [-0.15, -0.1) is 0 Å². The van der Waals surface area contributed by atoms with Crippen LogP contribution in [0.2, 0.25) is 0 Å². The first-order valence-corrected chi connectivity index (χ1v) is 9.47. The molecule has 4 nitrogen and oxygen atoms in total. The van der Waals surface area contributed by atoms with Crippen molar-refractivity contribution in [3.05, 3.63) is 78.1 Å². The average molecular weight is 360 g/mol. The Morgan fingerprint density at radius 2 is 1.93 bits per heavy atom. The van der Waals surface area contributed by atoms with Crippen LogP contribution in [0, 0.1) is 6.92 Å². The predicted molar refractivity (Wildman–Crippen MR) is 108 cm³/mol. The molecule has 0 radical (unpaired) electrons. The van der Waals surface area contributed by atoms with Crippen LogP contribution in [-0.2, 0) is 0 Å². The van der Waals surface area contributed by atoms with E-state index in [0.29, 0.717) is 5.56 Å². The van der Waals surface area contributed by atoms with Crippen LogP contribution < -0.4 is 5.32 Å². The van der Waals surface area contributed by atoms with E-state index in [0.717, 1.165) is 48.7 Å². The number of anilines is 1. The van der Waals surface area contributed by atoms with Crippen molar-refractivity contribution in [3.63, 3.8) is 0 Å². The molecule has 1 aliphatic rings. The van der Waals surface area contributed by atoms with E-state index in [1.54, 1.807) is 0 Å². The summed E-state index contributed by atoms with van der Waals surface area (Å²) in [7, 11) is 0. The van der Waals surface area contributed by atoms with Crippen LogP contribution in [-0.4, -0.2) is 29.9 Å². The maximum absolute atomic E-state index is 13.1. The maximum Gasteiger partial charge on any atom is 0.253 e. The van der Waals surface area contributed by atoms with Crippen LogP contribution in [0.5, 0.6) is 0 Å². The third-order valence-electron chi connectivity index (χ3n) is 4.99. The summed E-state index contributed by atoms with van der Waals surface area (Å²) in [4.78, 5) is 15.0. The van der Waals surface area contributed by atoms with Gasteiger partial charge in [0.05, 0.1) is 0 Å². The van der Waals surface area contributed by atoms with Gasteiger partial charge >= 0.3 is 0 Å². The van der Waals surface area contributed by atoms with E-state index in [2.05, 4.69) is 17.4 Å². The molecule has 27 heavy (non-hydrogen) atoms. The van der Waals surface area contributed by atoms with Crippen molar-refractivity contribution in [3.8, 4) is 11.3 Å². The molecule has 1 fully saturated rings. The zero-order valence-electron chi connectivity index (χ0n) is 15.5. The summed E-state index contributed by atoms with van der Waals surface area (Å²) in [5, 5.41) is 3.55. The van der Waals surface area contributed by atoms with Crippen LogP contribution in [0.3, 0.4) is 0 Å². The van der Waals surface area contributed by atoms with E-state index in [4.69, 9.17) is 4.42 Å². The molecule has 1 saturated heterocycles. The molecule has 1 aliphatic heterocycles. The van der Waals surface area contributed by atoms with Crippen molar-refractivity contribution in [1.82, 2.24) is 4.90 Å². The Kier molecular flexibility index (Phi) is 4.97. The summed E-state index contributed by atoms with van der Waals surface area (Å²) in [5.41, 5.74) is 2.75. The Balaban J connectivity index is 1.47. The fourth-order valence-corrected chi connectivity index (χ4v) is 3.63. The molecular formula is C23H24N2O2. The first kappa shape index (κ1) is 17.4. The highest BCUT2D eigenvalue weighted by molar-refractivity contribution is 5.95. The number of hydrogen-bond acceptors (Lipinski definition) is 3. The molecule has 0 spiro atoms. The van der Waals surface area contributed by atoms with Gasteiger partial charge in [0, 0.05) is 35.9 Å². The minimum atomic E-state index is 0.0830. The highest BCUT2D eigenvalue weighted by Crippen LogP contribution is 2.24. The fraction of sp³-hybridized carbons (Fsp3) is 0.261. The standard InChI is InChI=1S/C23H24N2O2/c1-17-12-13-22(27-17)18-7-5-8-19(15-18)23(26)25-14-6-11-21(16-25)24-20-9-3-2-4-10-20/h2-5,7-10,12-13,15,21,24H,6,11,14,16H2,1H3. The third-order valence-corrected chi connectivity index (χ3v) is 4.99. The lowest BCUT2D eigenvalue weighted by atomic mass is 10.0. The van der Waals surface area contributed by atoms with E-state index in [-0.39, 0.29) is 11.9 Å². The van der Waals surface area contributed by atoms with Gasteiger partial charge in [0.1, 0.15) is 11.5 Å². The van der Waals surface area contributed by atoms with Crippen molar-refractivity contribution < 1.29 is 9.21 Å². The topological polar surface area (TPSA) is 45.5 Å². The van der Waals surface area contributed by atoms with Gasteiger partial charge in [-0.3, -0.25) is 4.79 Å². The number of piperidine rings is 1. The van der Waals surface area contributed by atoms with Gasteiger partial charge < -0.3 is 14.6 Å². The van der Waals surface area contributed by atoms with Gasteiger partial charge in [-0.1, -0.05) is 30.3 Å². The molecule has 1 atom stereocenters. The molecular weight excluding hydrogens is 336 g/mol. The molecule has 3 aromatic rings. The van der Waals surface area contributed by atoms with Crippen LogP contribution in [0.4, 0.5) is 5.69 Å². The number of nitrogens with one attached hydrogen (secondary N) is 1. The van der Waals surface area contributed by atoms with Gasteiger partial charge in [-0.05, 0) is 56.2 Å². The predicted octanol–water partition coefficient (Wildman–Crippen LogP) is 4.97. The Bertz CT molecular complexity index is 917. The number of aryl methyl sites for hydroxylation is 1. The largest absolute Gasteiger partial charge is 0.461 e. The minimum absolute atomic E-state index is 0.0830. The van der Waals surface area contributed by atoms with E-state index < -0.39 is 0 Å². The Hall–Kier alpha value is -3.01. The normalized spacial score (nSPS) is 16.9. The average Bonchev–Trinajstić information content (AvgIpc) is 3.15. The Morgan fingerprint density at radius 1 is 1.07 bits per heavy atom. The van der Waals surface area contributed by atoms with Gasteiger partial charge in [-0.2, -0.15) is 0 Å². The SMILES string of the molecule is Cc1ccc(-c2cccc(C(=O)N3CCCC(Nc4ccccc4)C3)c2)o1. The second-order valence-electron chi connectivity index (χ2n) is 7.09. The number of nitrogens with zero attached hydrogens (tertiary/aromatic N) is 1. The number of amides is 1. The van der Waals surface area contributed by atoms with Crippen molar-refractivity contribution in [1.29, 1.82) is 0 Å². The van der Waals surface area contributed by atoms with Gasteiger partial charge in [-0.25, -0.2) is 0 Å². The molecule has 1 unspecified atom stereocenters. The molecule has 1 aromatic heterocycles. The van der Waals surface area contributed by atoms with Crippen LogP contribution >= 0.6 is 0 Å². The first-order valence-electron chi connectivity index (χ1n) is 9.47. The first-order chi connectivity index (χ1) is 13.2. The zero-order chi connectivity index (χ0) is 18.6. The molecule has 0 aliphatic carbocycles. The lowest BCUT2D eigenvalue weighted by molar-refractivity contribution is 0.0715. The molecule has 4 rings (SSSR count). The van der Waals surface area contributed by atoms with E-state index in [1.807, 2.05) is 66.4 Å². The third kappa shape index (κ3) is 4.05. The summed E-state index contributed by atoms with van der Waals surface area (Å²) < 4.78 is 5.70. The quantitative estimate of drug-likeness (QED) is 0.714. The smallest absolute Gasteiger partial charge is 0.253 e.